The van der Waals surface area contributed by atoms with Crippen LogP contribution >= 0.6 is 11.8 Å². The zero-order chi connectivity index (χ0) is 19.7. The second-order valence-corrected chi connectivity index (χ2v) is 7.92. The van der Waals surface area contributed by atoms with E-state index in [1.807, 2.05) is 0 Å². The highest BCUT2D eigenvalue weighted by Gasteiger charge is 2.50. The predicted molar refractivity (Wildman–Crippen MR) is 102 cm³/mol. The van der Waals surface area contributed by atoms with Crippen molar-refractivity contribution in [1.29, 1.82) is 0 Å². The number of fused-ring (bicyclic) bond motifs is 1. The number of nitrogens with zero attached hydrogens (tertiary/aromatic N) is 3. The molecule has 3 rings (SSSR count). The molecule has 0 bridgehead atoms. The Balaban J connectivity index is 1.89. The van der Waals surface area contributed by atoms with Gasteiger partial charge in [0.25, 0.3) is 5.69 Å². The molecule has 27 heavy (non-hydrogen) atoms. The number of nitro benzene ring substituents is 1. The van der Waals surface area contributed by atoms with Crippen molar-refractivity contribution in [1.82, 2.24) is 20.4 Å². The Morgan fingerprint density at radius 1 is 1.19 bits per heavy atom. The maximum absolute atomic E-state index is 12.8. The van der Waals surface area contributed by atoms with Crippen molar-refractivity contribution in [2.45, 2.75) is 31.0 Å². The molecule has 2 N–H and O–H groups in total. The fraction of sp³-hybridized carbons (Fsp3) is 0.529. The third-order valence-corrected chi connectivity index (χ3v) is 6.33. The average molecular weight is 393 g/mol. The van der Waals surface area contributed by atoms with E-state index in [2.05, 4.69) is 17.6 Å². The minimum absolute atomic E-state index is 0.0195. The largest absolute Gasteiger partial charge is 0.327 e. The van der Waals surface area contributed by atoms with Crippen LogP contribution in [-0.4, -0.2) is 58.0 Å². The molecular weight excluding hydrogens is 370 g/mol. The number of amides is 3. The lowest BCUT2D eigenvalue weighted by atomic mass is 9.96. The summed E-state index contributed by atoms with van der Waals surface area (Å²) >= 11 is 1.65. The van der Waals surface area contributed by atoms with Crippen molar-refractivity contribution in [3.05, 3.63) is 39.9 Å². The number of imide groups is 1. The Labute approximate surface area is 161 Å². The first-order valence-corrected chi connectivity index (χ1v) is 9.82. The van der Waals surface area contributed by atoms with Crippen LogP contribution in [0.2, 0.25) is 0 Å². The van der Waals surface area contributed by atoms with Crippen LogP contribution in [0.25, 0.3) is 0 Å². The van der Waals surface area contributed by atoms with Gasteiger partial charge < -0.3 is 4.90 Å². The Morgan fingerprint density at radius 3 is 2.44 bits per heavy atom. The topological polar surface area (TPSA) is 108 Å². The summed E-state index contributed by atoms with van der Waals surface area (Å²) in [7, 11) is 3.18. The summed E-state index contributed by atoms with van der Waals surface area (Å²) in [6, 6.07) is 5.92. The summed E-state index contributed by atoms with van der Waals surface area (Å²) in [6.45, 7) is 2.07. The third kappa shape index (κ3) is 3.64. The summed E-state index contributed by atoms with van der Waals surface area (Å²) in [6.07, 6.45) is 0.194. The lowest BCUT2D eigenvalue weighted by Gasteiger charge is -2.50. The number of thioether (sulfide) groups is 1. The minimum atomic E-state index is -0.447. The standard InChI is InChI=1S/C17H23N5O4S/c1-4-9-27-15-12-14(20(2)17(24)21(3)16(12)23)18-13(19-15)10-5-7-11(8-6-10)22(25)26/h5-8,12-15,18-19H,4,9H2,1-3H3. The fourth-order valence-corrected chi connectivity index (χ4v) is 4.62. The van der Waals surface area contributed by atoms with Gasteiger partial charge in [0.1, 0.15) is 0 Å². The SMILES string of the molecule is CCCSC1NC(c2ccc([N+](=O)[O-])cc2)NC2C1C(=O)N(C)C(=O)N2C. The molecule has 10 heteroatoms. The van der Waals surface area contributed by atoms with Crippen LogP contribution in [0.1, 0.15) is 25.1 Å². The van der Waals surface area contributed by atoms with Gasteiger partial charge in [0, 0.05) is 26.2 Å². The quantitative estimate of drug-likeness (QED) is 0.579. The highest BCUT2D eigenvalue weighted by molar-refractivity contribution is 7.99. The van der Waals surface area contributed by atoms with Crippen molar-refractivity contribution in [2.24, 2.45) is 5.92 Å². The van der Waals surface area contributed by atoms with E-state index in [4.69, 9.17) is 0 Å². The number of carbonyl (C=O) groups excluding carboxylic acids is 2. The molecule has 0 radical (unpaired) electrons. The highest BCUT2D eigenvalue weighted by Crippen LogP contribution is 2.34. The number of nitro groups is 1. The van der Waals surface area contributed by atoms with Gasteiger partial charge in [-0.2, -0.15) is 0 Å². The molecule has 0 aliphatic carbocycles. The van der Waals surface area contributed by atoms with Gasteiger partial charge in [-0.05, 0) is 29.9 Å². The summed E-state index contributed by atoms with van der Waals surface area (Å²) < 4.78 is 0. The van der Waals surface area contributed by atoms with Gasteiger partial charge in [-0.1, -0.05) is 6.92 Å². The van der Waals surface area contributed by atoms with Crippen LogP contribution < -0.4 is 10.6 Å². The second kappa shape index (κ2) is 7.83. The summed E-state index contributed by atoms with van der Waals surface area (Å²) in [4.78, 5) is 38.3. The van der Waals surface area contributed by atoms with Crippen LogP contribution in [0.5, 0.6) is 0 Å². The van der Waals surface area contributed by atoms with Gasteiger partial charge in [0.05, 0.1) is 28.5 Å². The zero-order valence-electron chi connectivity index (χ0n) is 15.4. The van der Waals surface area contributed by atoms with Crippen molar-refractivity contribution in [3.63, 3.8) is 0 Å². The highest BCUT2D eigenvalue weighted by atomic mass is 32.2. The summed E-state index contributed by atoms with van der Waals surface area (Å²) in [5, 5.41) is 17.5. The third-order valence-electron chi connectivity index (χ3n) is 4.90. The van der Waals surface area contributed by atoms with Crippen molar-refractivity contribution in [3.8, 4) is 0 Å². The Bertz CT molecular complexity index is 743. The molecule has 4 unspecified atom stereocenters. The van der Waals surface area contributed by atoms with E-state index in [9.17, 15) is 19.7 Å². The summed E-state index contributed by atoms with van der Waals surface area (Å²) in [5.74, 6) is 0.255. The number of carbonyl (C=O) groups is 2. The van der Waals surface area contributed by atoms with Crippen molar-refractivity contribution in [2.75, 3.05) is 19.8 Å². The molecule has 2 heterocycles. The van der Waals surface area contributed by atoms with Gasteiger partial charge in [-0.25, -0.2) is 4.79 Å². The Hall–Kier alpha value is -2.17. The lowest BCUT2D eigenvalue weighted by Crippen LogP contribution is -2.72. The molecule has 9 nitrogen and oxygen atoms in total. The molecule has 2 aliphatic rings. The number of hydrogen-bond donors (Lipinski definition) is 2. The van der Waals surface area contributed by atoms with Crippen LogP contribution in [0.15, 0.2) is 24.3 Å². The molecular formula is C17H23N5O4S. The zero-order valence-corrected chi connectivity index (χ0v) is 16.2. The number of nitrogens with one attached hydrogen (secondary N) is 2. The van der Waals surface area contributed by atoms with E-state index in [1.54, 1.807) is 35.8 Å². The van der Waals surface area contributed by atoms with Gasteiger partial charge in [-0.15, -0.1) is 11.8 Å². The molecule has 3 amide bonds. The first-order valence-electron chi connectivity index (χ1n) is 8.77. The van der Waals surface area contributed by atoms with E-state index in [0.717, 1.165) is 22.6 Å². The van der Waals surface area contributed by atoms with Crippen LogP contribution in [0, 0.1) is 16.0 Å². The molecule has 0 saturated carbocycles. The fourth-order valence-electron chi connectivity index (χ4n) is 3.42. The van der Waals surface area contributed by atoms with Crippen molar-refractivity contribution < 1.29 is 14.5 Å². The minimum Gasteiger partial charge on any atom is -0.311 e. The van der Waals surface area contributed by atoms with E-state index in [1.165, 1.54) is 19.2 Å². The maximum Gasteiger partial charge on any atom is 0.327 e. The lowest BCUT2D eigenvalue weighted by molar-refractivity contribution is -0.384. The maximum atomic E-state index is 12.8. The van der Waals surface area contributed by atoms with Gasteiger partial charge in [-0.3, -0.25) is 30.4 Å². The Kier molecular flexibility index (Phi) is 5.68. The van der Waals surface area contributed by atoms with E-state index >= 15 is 0 Å². The Morgan fingerprint density at radius 2 is 1.85 bits per heavy atom. The number of non-ortho nitro benzene ring substituents is 1. The van der Waals surface area contributed by atoms with Crippen molar-refractivity contribution >= 4 is 29.4 Å². The molecule has 4 atom stereocenters. The van der Waals surface area contributed by atoms with Crippen LogP contribution in [-0.2, 0) is 4.79 Å². The molecule has 2 fully saturated rings. The first-order chi connectivity index (χ1) is 12.8. The van der Waals surface area contributed by atoms with E-state index < -0.39 is 17.0 Å². The number of urea groups is 1. The molecule has 2 aliphatic heterocycles. The normalized spacial score (nSPS) is 28.3. The smallest absolute Gasteiger partial charge is 0.311 e. The van der Waals surface area contributed by atoms with Crippen LogP contribution in [0.3, 0.4) is 0 Å². The first kappa shape index (κ1) is 19.6. The van der Waals surface area contributed by atoms with Gasteiger partial charge in [0.15, 0.2) is 0 Å². The molecule has 0 spiro atoms. The molecule has 2 saturated heterocycles. The second-order valence-electron chi connectivity index (χ2n) is 6.67. The molecule has 0 aromatic heterocycles. The van der Waals surface area contributed by atoms with Gasteiger partial charge >= 0.3 is 6.03 Å². The number of hydrogen-bond acceptors (Lipinski definition) is 7. The average Bonchev–Trinajstić information content (AvgIpc) is 2.68. The van der Waals surface area contributed by atoms with E-state index in [0.29, 0.717) is 0 Å². The number of benzene rings is 1. The van der Waals surface area contributed by atoms with Gasteiger partial charge in [0.2, 0.25) is 5.91 Å². The van der Waals surface area contributed by atoms with Crippen LogP contribution in [0.4, 0.5) is 10.5 Å². The monoisotopic (exact) mass is 393 g/mol. The predicted octanol–water partition coefficient (Wildman–Crippen LogP) is 1.72. The molecule has 146 valence electrons. The molecule has 1 aromatic carbocycles. The molecule has 1 aromatic rings. The number of rotatable bonds is 5. The summed E-state index contributed by atoms with van der Waals surface area (Å²) in [5.41, 5.74) is 0.833. The van der Waals surface area contributed by atoms with E-state index in [-0.39, 0.29) is 29.2 Å².